The van der Waals surface area contributed by atoms with Crippen LogP contribution in [-0.4, -0.2) is 16.5 Å². The van der Waals surface area contributed by atoms with E-state index in [2.05, 4.69) is 27.8 Å². The van der Waals surface area contributed by atoms with Crippen LogP contribution < -0.4 is 10.6 Å². The summed E-state index contributed by atoms with van der Waals surface area (Å²) in [6.45, 7) is 1.46. The quantitative estimate of drug-likeness (QED) is 0.435. The maximum absolute atomic E-state index is 5.95. The van der Waals surface area contributed by atoms with Gasteiger partial charge in [-0.2, -0.15) is 4.98 Å². The monoisotopic (exact) mass is 388 g/mol. The normalized spacial score (nSPS) is 10.8. The molecule has 1 heterocycles. The van der Waals surface area contributed by atoms with Gasteiger partial charge in [0.05, 0.1) is 5.52 Å². The molecular weight excluding hydrogens is 368 g/mol. The van der Waals surface area contributed by atoms with Gasteiger partial charge in [0, 0.05) is 23.5 Å². The summed E-state index contributed by atoms with van der Waals surface area (Å²) < 4.78 is 0. The van der Waals surface area contributed by atoms with Gasteiger partial charge in [0.25, 0.3) is 0 Å². The van der Waals surface area contributed by atoms with Gasteiger partial charge in [-0.15, -0.1) is 0 Å². The van der Waals surface area contributed by atoms with Crippen molar-refractivity contribution < 1.29 is 0 Å². The molecule has 0 aliphatic rings. The number of hydrogen-bond acceptors (Lipinski definition) is 4. The third kappa shape index (κ3) is 4.59. The van der Waals surface area contributed by atoms with E-state index in [1.54, 1.807) is 0 Å². The molecule has 0 unspecified atom stereocenters. The van der Waals surface area contributed by atoms with Crippen molar-refractivity contribution in [1.29, 1.82) is 0 Å². The second kappa shape index (κ2) is 8.72. The number of anilines is 2. The second-order valence-corrected chi connectivity index (χ2v) is 6.99. The molecule has 4 nitrogen and oxygen atoms in total. The molecule has 140 valence electrons. The molecule has 0 bridgehead atoms. The lowest BCUT2D eigenvalue weighted by Gasteiger charge is -2.12. The number of rotatable bonds is 7. The molecule has 4 aromatic rings. The van der Waals surface area contributed by atoms with Crippen LogP contribution >= 0.6 is 11.6 Å². The third-order valence-corrected chi connectivity index (χ3v) is 4.77. The lowest BCUT2D eigenvalue weighted by molar-refractivity contribution is 0.987. The van der Waals surface area contributed by atoms with Crippen LogP contribution in [0.15, 0.2) is 78.9 Å². The largest absolute Gasteiger partial charge is 0.365 e. The fourth-order valence-electron chi connectivity index (χ4n) is 3.04. The number of benzene rings is 3. The first-order valence-corrected chi connectivity index (χ1v) is 9.68. The Kier molecular flexibility index (Phi) is 5.69. The van der Waals surface area contributed by atoms with Gasteiger partial charge in [-0.3, -0.25) is 0 Å². The van der Waals surface area contributed by atoms with Crippen molar-refractivity contribution in [3.63, 3.8) is 0 Å². The molecule has 28 heavy (non-hydrogen) atoms. The zero-order valence-electron chi connectivity index (χ0n) is 15.4. The van der Waals surface area contributed by atoms with Crippen molar-refractivity contribution in [2.45, 2.75) is 13.0 Å². The highest BCUT2D eigenvalue weighted by molar-refractivity contribution is 6.30. The van der Waals surface area contributed by atoms with E-state index in [0.717, 1.165) is 34.7 Å². The average Bonchev–Trinajstić information content (AvgIpc) is 2.74. The van der Waals surface area contributed by atoms with E-state index in [1.807, 2.05) is 66.7 Å². The van der Waals surface area contributed by atoms with Gasteiger partial charge in [-0.25, -0.2) is 4.98 Å². The molecule has 0 saturated heterocycles. The van der Waals surface area contributed by atoms with Crippen LogP contribution in [0.4, 0.5) is 11.8 Å². The number of nitrogens with one attached hydrogen (secondary N) is 2. The van der Waals surface area contributed by atoms with Gasteiger partial charge in [0.1, 0.15) is 5.82 Å². The average molecular weight is 389 g/mol. The van der Waals surface area contributed by atoms with Crippen LogP contribution in [0.1, 0.15) is 11.1 Å². The van der Waals surface area contributed by atoms with E-state index in [9.17, 15) is 0 Å². The van der Waals surface area contributed by atoms with Gasteiger partial charge in [0.2, 0.25) is 5.95 Å². The number of hydrogen-bond donors (Lipinski definition) is 2. The number of fused-ring (bicyclic) bond motifs is 1. The zero-order valence-corrected chi connectivity index (χ0v) is 16.2. The smallest absolute Gasteiger partial charge is 0.225 e. The Hall–Kier alpha value is -3.11. The predicted molar refractivity (Wildman–Crippen MR) is 117 cm³/mol. The Morgan fingerprint density at radius 1 is 0.714 bits per heavy atom. The van der Waals surface area contributed by atoms with E-state index < -0.39 is 0 Å². The minimum Gasteiger partial charge on any atom is -0.365 e. The minimum atomic E-state index is 0.628. The zero-order chi connectivity index (χ0) is 19.2. The van der Waals surface area contributed by atoms with Crippen LogP contribution in [0.2, 0.25) is 5.02 Å². The van der Waals surface area contributed by atoms with Gasteiger partial charge >= 0.3 is 0 Å². The van der Waals surface area contributed by atoms with Crippen LogP contribution in [0.3, 0.4) is 0 Å². The lowest BCUT2D eigenvalue weighted by atomic mass is 10.1. The van der Waals surface area contributed by atoms with E-state index in [1.165, 1.54) is 11.1 Å². The molecule has 1 aromatic heterocycles. The summed E-state index contributed by atoms with van der Waals surface area (Å²) in [5.41, 5.74) is 3.35. The lowest BCUT2D eigenvalue weighted by Crippen LogP contribution is -2.10. The van der Waals surface area contributed by atoms with Crippen LogP contribution in [0.25, 0.3) is 10.9 Å². The summed E-state index contributed by atoms with van der Waals surface area (Å²) in [6, 6.07) is 26.3. The van der Waals surface area contributed by atoms with Crippen LogP contribution in [0, 0.1) is 0 Å². The molecule has 2 N–H and O–H groups in total. The molecule has 0 spiro atoms. The highest BCUT2D eigenvalue weighted by Crippen LogP contribution is 2.22. The molecule has 3 aromatic carbocycles. The SMILES string of the molecule is Clc1ccc(CCNc2nc(NCc3ccccc3)c3ccccc3n2)cc1. The first-order valence-electron chi connectivity index (χ1n) is 9.31. The van der Waals surface area contributed by atoms with E-state index in [-0.39, 0.29) is 0 Å². The summed E-state index contributed by atoms with van der Waals surface area (Å²) >= 11 is 5.95. The summed E-state index contributed by atoms with van der Waals surface area (Å²) in [5, 5.41) is 8.57. The van der Waals surface area contributed by atoms with Crippen molar-refractivity contribution in [2.75, 3.05) is 17.2 Å². The molecule has 0 radical (unpaired) electrons. The molecule has 0 atom stereocenters. The maximum atomic E-state index is 5.95. The van der Waals surface area contributed by atoms with E-state index in [0.29, 0.717) is 12.5 Å². The molecule has 0 fully saturated rings. The maximum Gasteiger partial charge on any atom is 0.225 e. The van der Waals surface area contributed by atoms with E-state index in [4.69, 9.17) is 16.6 Å². The molecule has 5 heteroatoms. The molecule has 0 aliphatic carbocycles. The van der Waals surface area contributed by atoms with Crippen molar-refractivity contribution in [3.8, 4) is 0 Å². The molecule has 0 saturated carbocycles. The molecule has 0 amide bonds. The third-order valence-electron chi connectivity index (χ3n) is 4.52. The minimum absolute atomic E-state index is 0.628. The predicted octanol–water partition coefficient (Wildman–Crippen LogP) is 5.55. The molecule has 0 aliphatic heterocycles. The standard InChI is InChI=1S/C23H21ClN4/c24-19-12-10-17(11-13-19)14-15-25-23-27-21-9-5-4-8-20(21)22(28-23)26-16-18-6-2-1-3-7-18/h1-13H,14-16H2,(H2,25,26,27,28). The fraction of sp³-hybridized carbons (Fsp3) is 0.130. The van der Waals surface area contributed by atoms with Gasteiger partial charge < -0.3 is 10.6 Å². The summed E-state index contributed by atoms with van der Waals surface area (Å²) in [7, 11) is 0. The van der Waals surface area contributed by atoms with Gasteiger partial charge in [-0.05, 0) is 41.8 Å². The van der Waals surface area contributed by atoms with E-state index >= 15 is 0 Å². The highest BCUT2D eigenvalue weighted by atomic mass is 35.5. The first kappa shape index (κ1) is 18.3. The Morgan fingerprint density at radius 2 is 1.46 bits per heavy atom. The van der Waals surface area contributed by atoms with Gasteiger partial charge in [0.15, 0.2) is 0 Å². The number of para-hydroxylation sites is 1. The van der Waals surface area contributed by atoms with Crippen molar-refractivity contribution >= 4 is 34.3 Å². The Bertz CT molecular complexity index is 1050. The van der Waals surface area contributed by atoms with Crippen LogP contribution in [-0.2, 0) is 13.0 Å². The number of halogens is 1. The summed E-state index contributed by atoms with van der Waals surface area (Å²) in [6.07, 6.45) is 0.875. The van der Waals surface area contributed by atoms with Crippen molar-refractivity contribution in [1.82, 2.24) is 9.97 Å². The Labute approximate surface area is 169 Å². The summed E-state index contributed by atoms with van der Waals surface area (Å²) in [5.74, 6) is 1.46. The Balaban J connectivity index is 1.49. The van der Waals surface area contributed by atoms with Crippen molar-refractivity contribution in [3.05, 3.63) is 95.0 Å². The highest BCUT2D eigenvalue weighted by Gasteiger charge is 2.07. The topological polar surface area (TPSA) is 49.8 Å². The first-order chi connectivity index (χ1) is 13.8. The molecule has 4 rings (SSSR count). The second-order valence-electron chi connectivity index (χ2n) is 6.56. The number of aromatic nitrogens is 2. The summed E-state index contributed by atoms with van der Waals surface area (Å²) in [4.78, 5) is 9.36. The van der Waals surface area contributed by atoms with Crippen LogP contribution in [0.5, 0.6) is 0 Å². The van der Waals surface area contributed by atoms with Gasteiger partial charge in [-0.1, -0.05) is 66.2 Å². The van der Waals surface area contributed by atoms with Crippen molar-refractivity contribution in [2.24, 2.45) is 0 Å². The molecular formula is C23H21ClN4. The Morgan fingerprint density at radius 3 is 2.29 bits per heavy atom. The number of nitrogens with zero attached hydrogens (tertiary/aromatic N) is 2. The fourth-order valence-corrected chi connectivity index (χ4v) is 3.17.